The van der Waals surface area contributed by atoms with Gasteiger partial charge in [0.15, 0.2) is 0 Å². The van der Waals surface area contributed by atoms with Crippen LogP contribution in [-0.4, -0.2) is 28.9 Å². The van der Waals surface area contributed by atoms with Gasteiger partial charge in [-0.25, -0.2) is 0 Å². The number of carbonyl (C=O) groups excluding carboxylic acids is 1. The summed E-state index contributed by atoms with van der Waals surface area (Å²) in [6.07, 6.45) is 3.70. The van der Waals surface area contributed by atoms with E-state index in [-0.39, 0.29) is 11.4 Å². The number of aromatic amines is 1. The molecule has 2 aromatic carbocycles. The summed E-state index contributed by atoms with van der Waals surface area (Å²) in [4.78, 5) is 18.2. The van der Waals surface area contributed by atoms with Crippen LogP contribution in [0.4, 0.5) is 0 Å². The maximum atomic E-state index is 13.1. The van der Waals surface area contributed by atoms with Crippen LogP contribution in [0.2, 0.25) is 5.02 Å². The Kier molecular flexibility index (Phi) is 3.59. The number of piperidine rings is 1. The summed E-state index contributed by atoms with van der Waals surface area (Å²) < 4.78 is 0. The minimum Gasteiger partial charge on any atom is -0.360 e. The lowest BCUT2D eigenvalue weighted by atomic mass is 9.81. The van der Waals surface area contributed by atoms with E-state index in [0.717, 1.165) is 48.9 Å². The first kappa shape index (κ1) is 15.9. The van der Waals surface area contributed by atoms with Crippen molar-refractivity contribution >= 4 is 28.4 Å². The van der Waals surface area contributed by atoms with E-state index in [4.69, 9.17) is 11.6 Å². The van der Waals surface area contributed by atoms with Crippen molar-refractivity contribution in [3.63, 3.8) is 0 Å². The molecule has 0 atom stereocenters. The molecule has 132 valence electrons. The van der Waals surface area contributed by atoms with Crippen molar-refractivity contribution in [1.29, 1.82) is 0 Å². The van der Waals surface area contributed by atoms with Crippen LogP contribution in [0.5, 0.6) is 0 Å². The second kappa shape index (κ2) is 5.86. The van der Waals surface area contributed by atoms with E-state index < -0.39 is 0 Å². The summed E-state index contributed by atoms with van der Waals surface area (Å²) >= 11 is 6.04. The van der Waals surface area contributed by atoms with E-state index in [1.54, 1.807) is 6.20 Å². The zero-order chi connectivity index (χ0) is 17.7. The molecule has 1 aromatic heterocycles. The third kappa shape index (κ3) is 2.37. The molecular formula is C21H20ClN3O. The summed E-state index contributed by atoms with van der Waals surface area (Å²) in [6.45, 7) is 2.45. The van der Waals surface area contributed by atoms with Crippen LogP contribution in [-0.2, 0) is 12.1 Å². The number of carbonyl (C=O) groups is 1. The van der Waals surface area contributed by atoms with Gasteiger partial charge in [-0.3, -0.25) is 4.79 Å². The summed E-state index contributed by atoms with van der Waals surface area (Å²) in [7, 11) is 0. The largest absolute Gasteiger partial charge is 0.360 e. The van der Waals surface area contributed by atoms with E-state index in [2.05, 4.69) is 34.6 Å². The van der Waals surface area contributed by atoms with Gasteiger partial charge < -0.3 is 15.2 Å². The number of hydrogen-bond acceptors (Lipinski definition) is 2. The molecule has 3 heterocycles. The first-order valence-corrected chi connectivity index (χ1v) is 9.43. The Balaban J connectivity index is 1.38. The molecule has 1 saturated heterocycles. The smallest absolute Gasteiger partial charge is 0.256 e. The number of halogens is 1. The van der Waals surface area contributed by atoms with Gasteiger partial charge in [0, 0.05) is 47.3 Å². The Morgan fingerprint density at radius 2 is 1.92 bits per heavy atom. The molecule has 1 fully saturated rings. The number of nitrogens with zero attached hydrogens (tertiary/aromatic N) is 1. The Hall–Kier alpha value is -2.30. The number of aromatic nitrogens is 1. The number of hydrogen-bond donors (Lipinski definition) is 2. The van der Waals surface area contributed by atoms with Crippen LogP contribution in [0.25, 0.3) is 10.9 Å². The molecule has 2 N–H and O–H groups in total. The van der Waals surface area contributed by atoms with Crippen molar-refractivity contribution in [2.75, 3.05) is 13.1 Å². The molecule has 26 heavy (non-hydrogen) atoms. The van der Waals surface area contributed by atoms with E-state index in [0.29, 0.717) is 5.02 Å². The Morgan fingerprint density at radius 1 is 1.12 bits per heavy atom. The number of H-pyrrole nitrogens is 1. The number of rotatable bonds is 1. The van der Waals surface area contributed by atoms with Gasteiger partial charge in [-0.1, -0.05) is 41.9 Å². The second-order valence-electron chi connectivity index (χ2n) is 7.28. The lowest BCUT2D eigenvalue weighted by molar-refractivity contribution is 0.0649. The predicted molar refractivity (Wildman–Crippen MR) is 103 cm³/mol. The number of benzene rings is 2. The van der Waals surface area contributed by atoms with Crippen LogP contribution >= 0.6 is 11.6 Å². The highest BCUT2D eigenvalue weighted by molar-refractivity contribution is 6.31. The van der Waals surface area contributed by atoms with Gasteiger partial charge in [-0.05, 0) is 36.1 Å². The molecule has 1 amide bonds. The van der Waals surface area contributed by atoms with E-state index in [9.17, 15) is 4.79 Å². The summed E-state index contributed by atoms with van der Waals surface area (Å²) in [5.74, 6) is 0.0969. The van der Waals surface area contributed by atoms with Crippen molar-refractivity contribution < 1.29 is 4.79 Å². The highest BCUT2D eigenvalue weighted by atomic mass is 35.5. The predicted octanol–water partition coefficient (Wildman–Crippen LogP) is 4.06. The molecule has 4 nitrogen and oxygen atoms in total. The molecule has 0 bridgehead atoms. The van der Waals surface area contributed by atoms with Crippen LogP contribution in [0.1, 0.15) is 34.3 Å². The van der Waals surface area contributed by atoms with Gasteiger partial charge in [0.25, 0.3) is 5.91 Å². The van der Waals surface area contributed by atoms with Gasteiger partial charge in [-0.15, -0.1) is 0 Å². The molecule has 2 aliphatic heterocycles. The van der Waals surface area contributed by atoms with Gasteiger partial charge in [0.2, 0.25) is 0 Å². The third-order valence-corrected chi connectivity index (χ3v) is 6.16. The van der Waals surface area contributed by atoms with Crippen LogP contribution < -0.4 is 5.32 Å². The molecular weight excluding hydrogens is 346 g/mol. The molecule has 5 rings (SSSR count). The fourth-order valence-corrected chi connectivity index (χ4v) is 4.66. The van der Waals surface area contributed by atoms with Gasteiger partial charge in [0.05, 0.1) is 5.56 Å². The summed E-state index contributed by atoms with van der Waals surface area (Å²) in [5, 5.41) is 5.31. The standard InChI is InChI=1S/C21H20ClN3O/c22-15-5-6-16-17(13-23-19(16)11-15)20(26)25-9-7-21(8-10-25)18-4-2-1-3-14(18)12-24-21/h1-6,11,13,23-24H,7-10,12H2. The summed E-state index contributed by atoms with van der Waals surface area (Å²) in [6, 6.07) is 14.3. The Morgan fingerprint density at radius 3 is 2.77 bits per heavy atom. The van der Waals surface area contributed by atoms with Crippen LogP contribution in [0.3, 0.4) is 0 Å². The number of amides is 1. The molecule has 2 aliphatic rings. The molecule has 0 radical (unpaired) electrons. The second-order valence-corrected chi connectivity index (χ2v) is 7.71. The minimum absolute atomic E-state index is 0.0289. The van der Waals surface area contributed by atoms with Crippen LogP contribution in [0.15, 0.2) is 48.7 Å². The van der Waals surface area contributed by atoms with Gasteiger partial charge in [0.1, 0.15) is 0 Å². The van der Waals surface area contributed by atoms with Crippen molar-refractivity contribution in [2.24, 2.45) is 0 Å². The van der Waals surface area contributed by atoms with E-state index >= 15 is 0 Å². The number of nitrogens with one attached hydrogen (secondary N) is 2. The Bertz CT molecular complexity index is 1000. The Labute approximate surface area is 157 Å². The lowest BCUT2D eigenvalue weighted by Crippen LogP contribution is -2.49. The third-order valence-electron chi connectivity index (χ3n) is 5.93. The highest BCUT2D eigenvalue weighted by Crippen LogP contribution is 2.39. The molecule has 3 aromatic rings. The zero-order valence-electron chi connectivity index (χ0n) is 14.4. The van der Waals surface area contributed by atoms with E-state index in [1.807, 2.05) is 23.1 Å². The molecule has 0 unspecified atom stereocenters. The van der Waals surface area contributed by atoms with Crippen LogP contribution in [0, 0.1) is 0 Å². The normalized spacial score (nSPS) is 18.4. The first-order valence-electron chi connectivity index (χ1n) is 9.06. The monoisotopic (exact) mass is 365 g/mol. The first-order chi connectivity index (χ1) is 12.7. The SMILES string of the molecule is O=C(c1c[nH]c2cc(Cl)ccc12)N1CCC2(CC1)NCc1ccccc12. The average Bonchev–Trinajstić information content (AvgIpc) is 3.24. The highest BCUT2D eigenvalue weighted by Gasteiger charge is 2.41. The van der Waals surface area contributed by atoms with Gasteiger partial charge >= 0.3 is 0 Å². The maximum absolute atomic E-state index is 13.1. The maximum Gasteiger partial charge on any atom is 0.256 e. The quantitative estimate of drug-likeness (QED) is 0.683. The van der Waals surface area contributed by atoms with E-state index in [1.165, 1.54) is 11.1 Å². The van der Waals surface area contributed by atoms with Crippen molar-refractivity contribution in [1.82, 2.24) is 15.2 Å². The fourth-order valence-electron chi connectivity index (χ4n) is 4.48. The van der Waals surface area contributed by atoms with Crippen molar-refractivity contribution in [3.05, 3.63) is 70.4 Å². The molecule has 1 spiro atoms. The topological polar surface area (TPSA) is 48.1 Å². The average molecular weight is 366 g/mol. The minimum atomic E-state index is 0.0289. The van der Waals surface area contributed by atoms with Crippen molar-refractivity contribution in [3.8, 4) is 0 Å². The summed E-state index contributed by atoms with van der Waals surface area (Å²) in [5.41, 5.74) is 4.46. The molecule has 5 heteroatoms. The van der Waals surface area contributed by atoms with Gasteiger partial charge in [-0.2, -0.15) is 0 Å². The fraction of sp³-hybridized carbons (Fsp3) is 0.286. The number of likely N-dealkylation sites (tertiary alicyclic amines) is 1. The zero-order valence-corrected chi connectivity index (χ0v) is 15.1. The molecule has 0 saturated carbocycles. The lowest BCUT2D eigenvalue weighted by Gasteiger charge is -2.40. The molecule has 0 aliphatic carbocycles. The van der Waals surface area contributed by atoms with Crippen molar-refractivity contribution in [2.45, 2.75) is 24.9 Å². The number of fused-ring (bicyclic) bond motifs is 3.